The van der Waals surface area contributed by atoms with Crippen LogP contribution in [0.4, 0.5) is 0 Å². The van der Waals surface area contributed by atoms with Crippen molar-refractivity contribution in [2.75, 3.05) is 32.8 Å². The van der Waals surface area contributed by atoms with Crippen LogP contribution in [0.1, 0.15) is 12.5 Å². The second-order valence-corrected chi connectivity index (χ2v) is 6.24. The molecule has 0 unspecified atom stereocenters. The molecule has 1 N–H and O–H groups in total. The summed E-state index contributed by atoms with van der Waals surface area (Å²) in [6.45, 7) is 4.81. The van der Waals surface area contributed by atoms with Gasteiger partial charge < -0.3 is 9.64 Å². The van der Waals surface area contributed by atoms with Gasteiger partial charge in [-0.1, -0.05) is 37.3 Å². The minimum atomic E-state index is -3.50. The summed E-state index contributed by atoms with van der Waals surface area (Å²) in [6.07, 6.45) is 1.72. The molecular weight excluding hydrogens is 276 g/mol. The summed E-state index contributed by atoms with van der Waals surface area (Å²) in [5.41, 5.74) is 0.694. The molecular formula is C14H20N2O3S. The van der Waals surface area contributed by atoms with Crippen LogP contribution in [0.15, 0.2) is 36.5 Å². The quantitative estimate of drug-likeness (QED) is 0.888. The third-order valence-electron chi connectivity index (χ3n) is 3.03. The average molecular weight is 296 g/mol. The zero-order chi connectivity index (χ0) is 14.4. The van der Waals surface area contributed by atoms with E-state index in [0.717, 1.165) is 0 Å². The molecule has 1 saturated heterocycles. The van der Waals surface area contributed by atoms with Gasteiger partial charge in [-0.05, 0) is 5.56 Å². The first kappa shape index (κ1) is 15.0. The number of nitrogens with zero attached hydrogens (tertiary/aromatic N) is 1. The Morgan fingerprint density at radius 3 is 2.55 bits per heavy atom. The number of benzene rings is 1. The third-order valence-corrected chi connectivity index (χ3v) is 4.62. The van der Waals surface area contributed by atoms with Gasteiger partial charge in [-0.25, -0.2) is 13.1 Å². The maximum absolute atomic E-state index is 12.4. The molecule has 0 spiro atoms. The number of hydrogen-bond acceptors (Lipinski definition) is 4. The molecule has 1 aliphatic heterocycles. The van der Waals surface area contributed by atoms with Crippen LogP contribution in [-0.4, -0.2) is 46.2 Å². The Labute approximate surface area is 120 Å². The minimum absolute atomic E-state index is 0.307. The highest BCUT2D eigenvalue weighted by molar-refractivity contribution is 7.98. The van der Waals surface area contributed by atoms with Gasteiger partial charge in [0.1, 0.15) is 4.91 Å². The van der Waals surface area contributed by atoms with Gasteiger partial charge in [0.05, 0.1) is 13.2 Å². The molecule has 0 radical (unpaired) electrons. The predicted molar refractivity (Wildman–Crippen MR) is 79.4 cm³/mol. The Hall–Kier alpha value is -1.37. The highest BCUT2D eigenvalue weighted by Crippen LogP contribution is 2.21. The zero-order valence-electron chi connectivity index (χ0n) is 11.6. The van der Waals surface area contributed by atoms with Crippen molar-refractivity contribution >= 4 is 14.9 Å². The summed E-state index contributed by atoms with van der Waals surface area (Å²) in [5, 5.41) is 0. The van der Waals surface area contributed by atoms with Crippen LogP contribution in [0.5, 0.6) is 0 Å². The van der Waals surface area contributed by atoms with Gasteiger partial charge in [0.15, 0.2) is 0 Å². The molecule has 5 nitrogen and oxygen atoms in total. The Balaban J connectivity index is 2.36. The lowest BCUT2D eigenvalue weighted by atomic mass is 10.2. The maximum atomic E-state index is 12.4. The largest absolute Gasteiger partial charge is 0.378 e. The van der Waals surface area contributed by atoms with E-state index < -0.39 is 10.0 Å². The number of nitrogens with one attached hydrogen (secondary N) is 1. The van der Waals surface area contributed by atoms with Crippen LogP contribution in [0.25, 0.3) is 4.91 Å². The lowest BCUT2D eigenvalue weighted by Crippen LogP contribution is -2.33. The molecule has 0 aliphatic carbocycles. The molecule has 20 heavy (non-hydrogen) atoms. The lowest BCUT2D eigenvalue weighted by molar-refractivity contribution is 0.0597. The highest BCUT2D eigenvalue weighted by Gasteiger charge is 2.20. The molecule has 1 aromatic rings. The lowest BCUT2D eigenvalue weighted by Gasteiger charge is -2.26. The smallest absolute Gasteiger partial charge is 0.242 e. The van der Waals surface area contributed by atoms with E-state index in [9.17, 15) is 8.42 Å². The second kappa shape index (κ2) is 6.88. The molecule has 0 amide bonds. The molecule has 0 aromatic heterocycles. The van der Waals surface area contributed by atoms with Crippen molar-refractivity contribution in [2.24, 2.45) is 0 Å². The van der Waals surface area contributed by atoms with Crippen molar-refractivity contribution in [1.82, 2.24) is 9.62 Å². The van der Waals surface area contributed by atoms with Crippen molar-refractivity contribution < 1.29 is 13.2 Å². The van der Waals surface area contributed by atoms with E-state index in [2.05, 4.69) is 4.72 Å². The number of rotatable bonds is 5. The molecule has 2 rings (SSSR count). The Morgan fingerprint density at radius 1 is 1.30 bits per heavy atom. The van der Waals surface area contributed by atoms with E-state index in [0.29, 0.717) is 43.3 Å². The first-order chi connectivity index (χ1) is 9.63. The standard InChI is InChI=1S/C14H20N2O3S/c1-2-15-20(17,18)14(13-6-4-3-5-7-13)12-16-8-10-19-11-9-16/h3-7,12,15H,2,8-11H2,1H3/b14-12-. The number of hydrogen-bond donors (Lipinski definition) is 1. The van der Waals surface area contributed by atoms with Crippen LogP contribution in [0.2, 0.25) is 0 Å². The summed E-state index contributed by atoms with van der Waals surface area (Å²) in [6, 6.07) is 9.16. The minimum Gasteiger partial charge on any atom is -0.378 e. The molecule has 1 aromatic carbocycles. The third kappa shape index (κ3) is 3.82. The average Bonchev–Trinajstić information content (AvgIpc) is 2.46. The van der Waals surface area contributed by atoms with Gasteiger partial charge in [0, 0.05) is 25.8 Å². The number of morpholine rings is 1. The van der Waals surface area contributed by atoms with Gasteiger partial charge in [0.2, 0.25) is 10.0 Å². The van der Waals surface area contributed by atoms with Gasteiger partial charge >= 0.3 is 0 Å². The first-order valence-corrected chi connectivity index (χ1v) is 8.20. The first-order valence-electron chi connectivity index (χ1n) is 6.72. The summed E-state index contributed by atoms with van der Waals surface area (Å²) in [7, 11) is -3.50. The number of ether oxygens (including phenoxy) is 1. The molecule has 6 heteroatoms. The van der Waals surface area contributed by atoms with Gasteiger partial charge in [-0.2, -0.15) is 0 Å². The van der Waals surface area contributed by atoms with Crippen molar-refractivity contribution in [3.63, 3.8) is 0 Å². The molecule has 1 heterocycles. The fraction of sp³-hybridized carbons (Fsp3) is 0.429. The van der Waals surface area contributed by atoms with Crippen molar-refractivity contribution in [3.05, 3.63) is 42.1 Å². The van der Waals surface area contributed by atoms with Crippen LogP contribution in [-0.2, 0) is 14.8 Å². The molecule has 0 atom stereocenters. The Kier molecular flexibility index (Phi) is 5.17. The van der Waals surface area contributed by atoms with Gasteiger partial charge in [-0.3, -0.25) is 0 Å². The fourth-order valence-electron chi connectivity index (χ4n) is 2.04. The number of sulfonamides is 1. The van der Waals surface area contributed by atoms with Crippen molar-refractivity contribution in [3.8, 4) is 0 Å². The van der Waals surface area contributed by atoms with Crippen molar-refractivity contribution in [1.29, 1.82) is 0 Å². The molecule has 1 fully saturated rings. The topological polar surface area (TPSA) is 58.6 Å². The van der Waals surface area contributed by atoms with E-state index in [-0.39, 0.29) is 0 Å². The second-order valence-electron chi connectivity index (χ2n) is 4.51. The van der Waals surface area contributed by atoms with E-state index >= 15 is 0 Å². The predicted octanol–water partition coefficient (Wildman–Crippen LogP) is 1.26. The maximum Gasteiger partial charge on any atom is 0.242 e. The summed E-state index contributed by atoms with van der Waals surface area (Å²) >= 11 is 0. The van der Waals surface area contributed by atoms with Crippen LogP contribution in [0.3, 0.4) is 0 Å². The van der Waals surface area contributed by atoms with Crippen LogP contribution < -0.4 is 4.72 Å². The molecule has 0 saturated carbocycles. The monoisotopic (exact) mass is 296 g/mol. The molecule has 1 aliphatic rings. The summed E-state index contributed by atoms with van der Waals surface area (Å²) in [5.74, 6) is 0. The highest BCUT2D eigenvalue weighted by atomic mass is 32.2. The van der Waals surface area contributed by atoms with Crippen molar-refractivity contribution in [2.45, 2.75) is 6.92 Å². The Morgan fingerprint density at radius 2 is 1.95 bits per heavy atom. The van der Waals surface area contributed by atoms with E-state index in [1.807, 2.05) is 23.1 Å². The van der Waals surface area contributed by atoms with Crippen LogP contribution >= 0.6 is 0 Å². The fourth-order valence-corrected chi connectivity index (χ4v) is 3.31. The van der Waals surface area contributed by atoms with Gasteiger partial charge in [0.25, 0.3) is 0 Å². The molecule has 0 bridgehead atoms. The molecule has 110 valence electrons. The van der Waals surface area contributed by atoms with E-state index in [4.69, 9.17) is 4.74 Å². The van der Waals surface area contributed by atoms with E-state index in [1.165, 1.54) is 0 Å². The van der Waals surface area contributed by atoms with Gasteiger partial charge in [-0.15, -0.1) is 0 Å². The summed E-state index contributed by atoms with van der Waals surface area (Å²) in [4.78, 5) is 2.29. The normalized spacial score (nSPS) is 17.2. The summed E-state index contributed by atoms with van der Waals surface area (Å²) < 4.78 is 32.6. The SMILES string of the molecule is CCNS(=O)(=O)/C(=C\N1CCOCC1)c1ccccc1. The Bertz CT molecular complexity index is 549. The van der Waals surface area contributed by atoms with E-state index in [1.54, 1.807) is 25.3 Å². The van der Waals surface area contributed by atoms with Crippen LogP contribution in [0, 0.1) is 0 Å². The zero-order valence-corrected chi connectivity index (χ0v) is 12.4.